The Morgan fingerprint density at radius 2 is 2.00 bits per heavy atom. The van der Waals surface area contributed by atoms with Gasteiger partial charge in [-0.15, -0.1) is 10.2 Å². The van der Waals surface area contributed by atoms with E-state index in [-0.39, 0.29) is 5.91 Å². The van der Waals surface area contributed by atoms with Gasteiger partial charge in [0.05, 0.1) is 5.75 Å². The van der Waals surface area contributed by atoms with Crippen LogP contribution in [0.2, 0.25) is 0 Å². The maximum absolute atomic E-state index is 12.1. The van der Waals surface area contributed by atoms with Crippen LogP contribution in [0.5, 0.6) is 0 Å². The molecule has 0 saturated carbocycles. The maximum atomic E-state index is 12.1. The van der Waals surface area contributed by atoms with Crippen molar-refractivity contribution in [3.63, 3.8) is 0 Å². The van der Waals surface area contributed by atoms with E-state index in [9.17, 15) is 4.79 Å². The van der Waals surface area contributed by atoms with Gasteiger partial charge in [-0.25, -0.2) is 0 Å². The molecule has 6 heteroatoms. The highest BCUT2D eigenvalue weighted by atomic mass is 32.2. The van der Waals surface area contributed by atoms with Gasteiger partial charge >= 0.3 is 0 Å². The van der Waals surface area contributed by atoms with Gasteiger partial charge in [-0.05, 0) is 19.3 Å². The fraction of sp³-hybridized carbons (Fsp3) is 0.786. The minimum absolute atomic E-state index is 0.227. The van der Waals surface area contributed by atoms with E-state index >= 15 is 0 Å². The molecule has 0 bridgehead atoms. The van der Waals surface area contributed by atoms with Gasteiger partial charge < -0.3 is 9.47 Å². The molecule has 20 heavy (non-hydrogen) atoms. The molecule has 1 aliphatic heterocycles. The maximum Gasteiger partial charge on any atom is 0.233 e. The molecule has 5 nitrogen and oxygen atoms in total. The van der Waals surface area contributed by atoms with E-state index in [0.717, 1.165) is 49.9 Å². The number of hydrogen-bond acceptors (Lipinski definition) is 4. The zero-order chi connectivity index (χ0) is 14.5. The first kappa shape index (κ1) is 15.4. The van der Waals surface area contributed by atoms with Crippen molar-refractivity contribution in [3.8, 4) is 0 Å². The lowest BCUT2D eigenvalue weighted by atomic mass is 10.2. The van der Waals surface area contributed by atoms with Crippen LogP contribution in [0.4, 0.5) is 0 Å². The molecule has 2 heterocycles. The second-order valence-electron chi connectivity index (χ2n) is 5.52. The van der Waals surface area contributed by atoms with Crippen LogP contribution < -0.4 is 0 Å². The molecule has 112 valence electrons. The fourth-order valence-corrected chi connectivity index (χ4v) is 3.33. The van der Waals surface area contributed by atoms with Crippen molar-refractivity contribution >= 4 is 17.7 Å². The Balaban J connectivity index is 1.99. The van der Waals surface area contributed by atoms with Crippen molar-refractivity contribution in [1.29, 1.82) is 0 Å². The van der Waals surface area contributed by atoms with Gasteiger partial charge in [0.15, 0.2) is 5.16 Å². The summed E-state index contributed by atoms with van der Waals surface area (Å²) < 4.78 is 2.16. The van der Waals surface area contributed by atoms with Gasteiger partial charge in [0, 0.05) is 25.6 Å². The number of carbonyl (C=O) groups excluding carboxylic acids is 1. The van der Waals surface area contributed by atoms with Gasteiger partial charge in [-0.2, -0.15) is 0 Å². The van der Waals surface area contributed by atoms with Gasteiger partial charge in [0.1, 0.15) is 5.82 Å². The van der Waals surface area contributed by atoms with E-state index in [1.807, 2.05) is 4.90 Å². The Bertz CT molecular complexity index is 452. The van der Waals surface area contributed by atoms with E-state index in [1.165, 1.54) is 11.8 Å². The molecule has 1 saturated heterocycles. The Kier molecular flexibility index (Phi) is 5.46. The standard InChI is InChI=1S/C14H24N4OS/c1-4-7-18-13(11(2)3)15-16-14(18)20-10-12(19)17-8-5-6-9-17/h11H,4-10H2,1-3H3. The SMILES string of the molecule is CCCn1c(SCC(=O)N2CCCC2)nnc1C(C)C. The lowest BCUT2D eigenvalue weighted by Gasteiger charge is -2.15. The van der Waals surface area contributed by atoms with Crippen LogP contribution in [0.3, 0.4) is 0 Å². The minimum Gasteiger partial charge on any atom is -0.342 e. The molecule has 0 spiro atoms. The summed E-state index contributed by atoms with van der Waals surface area (Å²) >= 11 is 1.52. The number of nitrogens with zero attached hydrogens (tertiary/aromatic N) is 4. The molecule has 1 fully saturated rings. The number of likely N-dealkylation sites (tertiary alicyclic amines) is 1. The number of carbonyl (C=O) groups is 1. The van der Waals surface area contributed by atoms with E-state index in [0.29, 0.717) is 11.7 Å². The molecular weight excluding hydrogens is 272 g/mol. The first-order chi connectivity index (χ1) is 9.63. The van der Waals surface area contributed by atoms with E-state index < -0.39 is 0 Å². The predicted octanol–water partition coefficient (Wildman–Crippen LogP) is 2.53. The summed E-state index contributed by atoms with van der Waals surface area (Å²) in [5, 5.41) is 9.41. The second kappa shape index (κ2) is 7.11. The molecule has 1 aromatic heterocycles. The van der Waals surface area contributed by atoms with Crippen molar-refractivity contribution in [2.75, 3.05) is 18.8 Å². The molecule has 1 aliphatic rings. The number of rotatable bonds is 6. The van der Waals surface area contributed by atoms with Gasteiger partial charge in [-0.1, -0.05) is 32.5 Å². The van der Waals surface area contributed by atoms with Gasteiger partial charge in [0.25, 0.3) is 0 Å². The van der Waals surface area contributed by atoms with Crippen molar-refractivity contribution in [3.05, 3.63) is 5.82 Å². The van der Waals surface area contributed by atoms with Crippen LogP contribution >= 0.6 is 11.8 Å². The third kappa shape index (κ3) is 3.53. The minimum atomic E-state index is 0.227. The summed E-state index contributed by atoms with van der Waals surface area (Å²) in [4.78, 5) is 14.0. The average molecular weight is 296 g/mol. The highest BCUT2D eigenvalue weighted by Gasteiger charge is 2.20. The highest BCUT2D eigenvalue weighted by molar-refractivity contribution is 7.99. The summed E-state index contributed by atoms with van der Waals surface area (Å²) in [6.45, 7) is 9.14. The van der Waals surface area contributed by atoms with E-state index in [1.54, 1.807) is 0 Å². The molecule has 1 amide bonds. The fourth-order valence-electron chi connectivity index (χ4n) is 2.45. The van der Waals surface area contributed by atoms with Crippen molar-refractivity contribution in [2.45, 2.75) is 57.7 Å². The zero-order valence-corrected chi connectivity index (χ0v) is 13.4. The quantitative estimate of drug-likeness (QED) is 0.757. The van der Waals surface area contributed by atoms with Crippen molar-refractivity contribution < 1.29 is 4.79 Å². The molecule has 1 aromatic rings. The smallest absolute Gasteiger partial charge is 0.233 e. The normalized spacial score (nSPS) is 15.3. The molecule has 0 atom stereocenters. The summed E-state index contributed by atoms with van der Waals surface area (Å²) in [5.41, 5.74) is 0. The van der Waals surface area contributed by atoms with Gasteiger partial charge in [-0.3, -0.25) is 4.79 Å². The Morgan fingerprint density at radius 3 is 2.60 bits per heavy atom. The van der Waals surface area contributed by atoms with Crippen LogP contribution in [0.15, 0.2) is 5.16 Å². The monoisotopic (exact) mass is 296 g/mol. The first-order valence-corrected chi connectivity index (χ1v) is 8.45. The number of hydrogen-bond donors (Lipinski definition) is 0. The number of amides is 1. The number of aromatic nitrogens is 3. The Hall–Kier alpha value is -1.04. The first-order valence-electron chi connectivity index (χ1n) is 7.47. The Morgan fingerprint density at radius 1 is 1.30 bits per heavy atom. The average Bonchev–Trinajstić information content (AvgIpc) is 3.06. The third-order valence-corrected chi connectivity index (χ3v) is 4.44. The van der Waals surface area contributed by atoms with Crippen LogP contribution in [-0.2, 0) is 11.3 Å². The van der Waals surface area contributed by atoms with Crippen LogP contribution in [0.25, 0.3) is 0 Å². The predicted molar refractivity (Wildman–Crippen MR) is 80.9 cm³/mol. The van der Waals surface area contributed by atoms with Crippen molar-refractivity contribution in [1.82, 2.24) is 19.7 Å². The largest absolute Gasteiger partial charge is 0.342 e. The third-order valence-electron chi connectivity index (χ3n) is 3.49. The summed E-state index contributed by atoms with van der Waals surface area (Å²) in [5.74, 6) is 2.07. The number of thioether (sulfide) groups is 1. The lowest BCUT2D eigenvalue weighted by molar-refractivity contribution is -0.127. The van der Waals surface area contributed by atoms with Crippen LogP contribution in [-0.4, -0.2) is 44.4 Å². The van der Waals surface area contributed by atoms with Crippen LogP contribution in [0, 0.1) is 0 Å². The zero-order valence-electron chi connectivity index (χ0n) is 12.6. The van der Waals surface area contributed by atoms with Gasteiger partial charge in [0.2, 0.25) is 5.91 Å². The summed E-state index contributed by atoms with van der Waals surface area (Å²) in [7, 11) is 0. The van der Waals surface area contributed by atoms with E-state index in [2.05, 4.69) is 35.5 Å². The molecule has 0 radical (unpaired) electrons. The topological polar surface area (TPSA) is 51.0 Å². The molecular formula is C14H24N4OS. The highest BCUT2D eigenvalue weighted by Crippen LogP contribution is 2.22. The molecule has 0 aliphatic carbocycles. The van der Waals surface area contributed by atoms with Crippen molar-refractivity contribution in [2.24, 2.45) is 0 Å². The Labute approximate surface area is 125 Å². The van der Waals surface area contributed by atoms with Crippen LogP contribution in [0.1, 0.15) is 51.8 Å². The van der Waals surface area contributed by atoms with E-state index in [4.69, 9.17) is 0 Å². The second-order valence-corrected chi connectivity index (χ2v) is 6.47. The molecule has 0 aromatic carbocycles. The summed E-state index contributed by atoms with van der Waals surface area (Å²) in [6, 6.07) is 0. The molecule has 0 unspecified atom stereocenters. The summed E-state index contributed by atoms with van der Waals surface area (Å²) in [6.07, 6.45) is 3.32. The molecule has 2 rings (SSSR count). The lowest BCUT2D eigenvalue weighted by Crippen LogP contribution is -2.29. The molecule has 0 N–H and O–H groups in total.